The molecule has 2 aromatic heterocycles. The minimum absolute atomic E-state index is 0.546. The van der Waals surface area contributed by atoms with Crippen molar-refractivity contribution < 1.29 is 4.74 Å². The van der Waals surface area contributed by atoms with Crippen LogP contribution < -0.4 is 15.4 Å². The Morgan fingerprint density at radius 3 is 2.83 bits per heavy atom. The molecule has 6 heteroatoms. The van der Waals surface area contributed by atoms with Gasteiger partial charge in [0.1, 0.15) is 11.3 Å². The Morgan fingerprint density at radius 2 is 2.04 bits per heavy atom. The Kier molecular flexibility index (Phi) is 4.63. The van der Waals surface area contributed by atoms with Gasteiger partial charge in [-0.1, -0.05) is 6.07 Å². The number of anilines is 1. The van der Waals surface area contributed by atoms with Crippen LogP contribution in [0.1, 0.15) is 5.56 Å². The van der Waals surface area contributed by atoms with E-state index in [-0.39, 0.29) is 0 Å². The third-order valence-corrected chi connectivity index (χ3v) is 3.62. The molecule has 0 aliphatic heterocycles. The molecule has 1 aromatic carbocycles. The smallest absolute Gasteiger partial charge is 0.171 e. The first-order valence-corrected chi connectivity index (χ1v) is 7.54. The van der Waals surface area contributed by atoms with Crippen molar-refractivity contribution in [1.82, 2.24) is 15.3 Å². The highest BCUT2D eigenvalue weighted by Crippen LogP contribution is 2.29. The molecule has 0 aliphatic carbocycles. The molecule has 3 aromatic rings. The van der Waals surface area contributed by atoms with Crippen LogP contribution in [0.3, 0.4) is 0 Å². The summed E-state index contributed by atoms with van der Waals surface area (Å²) in [6, 6.07) is 11.6. The molecule has 116 valence electrons. The molecule has 0 amide bonds. The average Bonchev–Trinajstić information content (AvgIpc) is 2.61. The van der Waals surface area contributed by atoms with Crippen molar-refractivity contribution >= 4 is 33.9 Å². The summed E-state index contributed by atoms with van der Waals surface area (Å²) in [4.78, 5) is 8.46. The quantitative estimate of drug-likeness (QED) is 0.719. The fraction of sp³-hybridized carbons (Fsp3) is 0.118. The van der Waals surface area contributed by atoms with E-state index in [1.807, 2.05) is 42.6 Å². The molecule has 3 rings (SSSR count). The van der Waals surface area contributed by atoms with Crippen LogP contribution in [0.4, 0.5) is 5.69 Å². The largest absolute Gasteiger partial charge is 0.494 e. The van der Waals surface area contributed by atoms with E-state index in [0.29, 0.717) is 11.7 Å². The predicted molar refractivity (Wildman–Crippen MR) is 95.6 cm³/mol. The molecule has 0 unspecified atom stereocenters. The van der Waals surface area contributed by atoms with Crippen LogP contribution in [0.15, 0.2) is 55.0 Å². The number of ether oxygens (including phenoxy) is 1. The number of methoxy groups -OCH3 is 1. The maximum Gasteiger partial charge on any atom is 0.171 e. The highest BCUT2D eigenvalue weighted by Gasteiger charge is 2.08. The molecule has 0 atom stereocenters. The third-order valence-electron chi connectivity index (χ3n) is 3.38. The normalized spacial score (nSPS) is 10.3. The maximum atomic E-state index is 5.37. The van der Waals surface area contributed by atoms with E-state index in [1.165, 1.54) is 0 Å². The van der Waals surface area contributed by atoms with Gasteiger partial charge in [0.25, 0.3) is 0 Å². The number of benzene rings is 1. The zero-order chi connectivity index (χ0) is 16.1. The van der Waals surface area contributed by atoms with E-state index in [0.717, 1.165) is 27.9 Å². The lowest BCUT2D eigenvalue weighted by Gasteiger charge is -2.13. The summed E-state index contributed by atoms with van der Waals surface area (Å²) >= 11 is 5.37. The molecular weight excluding hydrogens is 308 g/mol. The molecule has 0 radical (unpaired) electrons. The molecule has 23 heavy (non-hydrogen) atoms. The molecule has 0 spiro atoms. The highest BCUT2D eigenvalue weighted by molar-refractivity contribution is 7.80. The first kappa shape index (κ1) is 15.2. The zero-order valence-corrected chi connectivity index (χ0v) is 13.4. The van der Waals surface area contributed by atoms with E-state index < -0.39 is 0 Å². The van der Waals surface area contributed by atoms with Crippen LogP contribution in [-0.4, -0.2) is 22.2 Å². The standard InChI is InChI=1S/C17H16N4OS/c1-22-15-7-6-14(13-5-3-9-19-16(13)15)21-17(23)20-11-12-4-2-8-18-10-12/h2-10H,11H2,1H3,(H2,20,21,23). The summed E-state index contributed by atoms with van der Waals surface area (Å²) in [5.41, 5.74) is 2.76. The van der Waals surface area contributed by atoms with E-state index in [4.69, 9.17) is 17.0 Å². The number of nitrogens with one attached hydrogen (secondary N) is 2. The molecule has 0 saturated carbocycles. The number of thiocarbonyl (C=S) groups is 1. The Bertz CT molecular complexity index is 823. The van der Waals surface area contributed by atoms with Gasteiger partial charge >= 0.3 is 0 Å². The second-order valence-electron chi connectivity index (χ2n) is 4.88. The molecule has 2 heterocycles. The average molecular weight is 324 g/mol. The number of pyridine rings is 2. The Balaban J connectivity index is 1.75. The lowest BCUT2D eigenvalue weighted by molar-refractivity contribution is 0.419. The Hall–Kier alpha value is -2.73. The van der Waals surface area contributed by atoms with Crippen LogP contribution in [0.25, 0.3) is 10.9 Å². The Morgan fingerprint density at radius 1 is 1.17 bits per heavy atom. The number of aromatic nitrogens is 2. The molecule has 0 bridgehead atoms. The lowest BCUT2D eigenvalue weighted by atomic mass is 10.1. The van der Waals surface area contributed by atoms with Crippen molar-refractivity contribution in [3.05, 3.63) is 60.6 Å². The van der Waals surface area contributed by atoms with E-state index >= 15 is 0 Å². The summed E-state index contributed by atoms with van der Waals surface area (Å²) in [7, 11) is 1.64. The summed E-state index contributed by atoms with van der Waals surface area (Å²) in [6.07, 6.45) is 5.30. The first-order valence-electron chi connectivity index (χ1n) is 7.13. The van der Waals surface area contributed by atoms with Crippen LogP contribution in [0, 0.1) is 0 Å². The van der Waals surface area contributed by atoms with E-state index in [1.54, 1.807) is 19.5 Å². The second kappa shape index (κ2) is 7.02. The topological polar surface area (TPSA) is 59.1 Å². The van der Waals surface area contributed by atoms with Crippen molar-refractivity contribution in [3.63, 3.8) is 0 Å². The van der Waals surface area contributed by atoms with Crippen LogP contribution >= 0.6 is 12.2 Å². The third kappa shape index (κ3) is 3.54. The van der Waals surface area contributed by atoms with Crippen molar-refractivity contribution in [2.45, 2.75) is 6.54 Å². The van der Waals surface area contributed by atoms with Gasteiger partial charge in [-0.05, 0) is 48.1 Å². The van der Waals surface area contributed by atoms with Crippen LogP contribution in [-0.2, 0) is 6.54 Å². The molecular formula is C17H16N4OS. The van der Waals surface area contributed by atoms with Crippen molar-refractivity contribution in [2.24, 2.45) is 0 Å². The van der Waals surface area contributed by atoms with E-state index in [9.17, 15) is 0 Å². The Labute approximate surface area is 139 Å². The number of fused-ring (bicyclic) bond motifs is 1. The maximum absolute atomic E-state index is 5.37. The zero-order valence-electron chi connectivity index (χ0n) is 12.6. The summed E-state index contributed by atoms with van der Waals surface area (Å²) in [6.45, 7) is 0.617. The molecule has 5 nitrogen and oxygen atoms in total. The van der Waals surface area contributed by atoms with Crippen molar-refractivity contribution in [3.8, 4) is 5.75 Å². The van der Waals surface area contributed by atoms with Gasteiger partial charge in [0.15, 0.2) is 5.11 Å². The predicted octanol–water partition coefficient (Wildman–Crippen LogP) is 3.13. The molecule has 2 N–H and O–H groups in total. The number of hydrogen-bond donors (Lipinski definition) is 2. The monoisotopic (exact) mass is 324 g/mol. The van der Waals surface area contributed by atoms with Gasteiger partial charge in [0.05, 0.1) is 7.11 Å². The second-order valence-corrected chi connectivity index (χ2v) is 5.29. The van der Waals surface area contributed by atoms with Gasteiger partial charge in [-0.3, -0.25) is 9.97 Å². The van der Waals surface area contributed by atoms with Crippen molar-refractivity contribution in [1.29, 1.82) is 0 Å². The van der Waals surface area contributed by atoms with Gasteiger partial charge in [-0.25, -0.2) is 0 Å². The van der Waals surface area contributed by atoms with Gasteiger partial charge < -0.3 is 15.4 Å². The SMILES string of the molecule is COc1ccc(NC(=S)NCc2cccnc2)c2cccnc12. The fourth-order valence-corrected chi connectivity index (χ4v) is 2.45. The van der Waals surface area contributed by atoms with Gasteiger partial charge in [-0.2, -0.15) is 0 Å². The summed E-state index contributed by atoms with van der Waals surface area (Å²) < 4.78 is 5.35. The van der Waals surface area contributed by atoms with Crippen molar-refractivity contribution in [2.75, 3.05) is 12.4 Å². The van der Waals surface area contributed by atoms with Gasteiger partial charge in [-0.15, -0.1) is 0 Å². The first-order chi connectivity index (χ1) is 11.3. The van der Waals surface area contributed by atoms with Gasteiger partial charge in [0, 0.05) is 36.2 Å². The highest BCUT2D eigenvalue weighted by atomic mass is 32.1. The number of rotatable bonds is 4. The summed E-state index contributed by atoms with van der Waals surface area (Å²) in [5.74, 6) is 0.736. The van der Waals surface area contributed by atoms with E-state index in [2.05, 4.69) is 20.6 Å². The minimum Gasteiger partial charge on any atom is -0.494 e. The van der Waals surface area contributed by atoms with Gasteiger partial charge in [0.2, 0.25) is 0 Å². The van der Waals surface area contributed by atoms with Crippen LogP contribution in [0.5, 0.6) is 5.75 Å². The molecule has 0 saturated heterocycles. The lowest BCUT2D eigenvalue weighted by Crippen LogP contribution is -2.28. The summed E-state index contributed by atoms with van der Waals surface area (Å²) in [5, 5.41) is 7.88. The number of hydrogen-bond acceptors (Lipinski definition) is 4. The molecule has 0 fully saturated rings. The number of nitrogens with zero attached hydrogens (tertiary/aromatic N) is 2. The molecule has 0 aliphatic rings. The fourth-order valence-electron chi connectivity index (χ4n) is 2.27. The van der Waals surface area contributed by atoms with Crippen LogP contribution in [0.2, 0.25) is 0 Å². The minimum atomic E-state index is 0.546.